The van der Waals surface area contributed by atoms with Gasteiger partial charge in [-0.2, -0.15) is 13.2 Å². The van der Waals surface area contributed by atoms with Crippen LogP contribution in [0.1, 0.15) is 17.0 Å². The third kappa shape index (κ3) is 5.26. The fraction of sp³-hybridized carbons (Fsp3) is 0.130. The predicted molar refractivity (Wildman–Crippen MR) is 121 cm³/mol. The van der Waals surface area contributed by atoms with Gasteiger partial charge in [-0.3, -0.25) is 4.57 Å². The van der Waals surface area contributed by atoms with E-state index in [1.54, 1.807) is 6.07 Å². The quantitative estimate of drug-likeness (QED) is 0.298. The summed E-state index contributed by atoms with van der Waals surface area (Å²) in [7, 11) is 0. The van der Waals surface area contributed by atoms with Gasteiger partial charge >= 0.3 is 6.18 Å². The number of benzene rings is 3. The maximum atomic E-state index is 13.0. The van der Waals surface area contributed by atoms with E-state index in [1.807, 2.05) is 59.2 Å². The second-order valence-electron chi connectivity index (χ2n) is 6.88. The second-order valence-corrected chi connectivity index (χ2v) is 8.23. The van der Waals surface area contributed by atoms with E-state index in [0.29, 0.717) is 27.4 Å². The SMILES string of the molecule is FC(F)(F)c1cccc(NCc2nnc(SCc3ccccc3Cl)n2-c2ccccc2)c1. The Morgan fingerprint density at radius 1 is 0.906 bits per heavy atom. The summed E-state index contributed by atoms with van der Waals surface area (Å²) < 4.78 is 40.9. The molecule has 4 nitrogen and oxygen atoms in total. The topological polar surface area (TPSA) is 42.7 Å². The lowest BCUT2D eigenvalue weighted by atomic mass is 10.2. The number of halogens is 4. The Morgan fingerprint density at radius 2 is 1.66 bits per heavy atom. The van der Waals surface area contributed by atoms with Gasteiger partial charge in [0, 0.05) is 22.2 Å². The zero-order valence-electron chi connectivity index (χ0n) is 16.7. The lowest BCUT2D eigenvalue weighted by Gasteiger charge is -2.13. The summed E-state index contributed by atoms with van der Waals surface area (Å²) in [5.41, 5.74) is 1.49. The average molecular weight is 475 g/mol. The van der Waals surface area contributed by atoms with Crippen molar-refractivity contribution in [3.8, 4) is 5.69 Å². The Balaban J connectivity index is 1.58. The van der Waals surface area contributed by atoms with Gasteiger partial charge < -0.3 is 5.32 Å². The first kappa shape index (κ1) is 22.2. The Labute approximate surface area is 192 Å². The molecule has 0 saturated carbocycles. The molecule has 0 atom stereocenters. The third-order valence-electron chi connectivity index (χ3n) is 4.67. The minimum absolute atomic E-state index is 0.204. The summed E-state index contributed by atoms with van der Waals surface area (Å²) in [4.78, 5) is 0. The van der Waals surface area contributed by atoms with E-state index >= 15 is 0 Å². The van der Waals surface area contributed by atoms with E-state index < -0.39 is 11.7 Å². The minimum atomic E-state index is -4.40. The highest BCUT2D eigenvalue weighted by Crippen LogP contribution is 2.31. The maximum Gasteiger partial charge on any atom is 0.416 e. The smallest absolute Gasteiger partial charge is 0.378 e. The molecule has 0 unspecified atom stereocenters. The zero-order chi connectivity index (χ0) is 22.6. The first-order chi connectivity index (χ1) is 15.4. The standard InChI is InChI=1S/C23H18ClF3N4S/c24-20-12-5-4-7-16(20)15-32-22-30-29-21(31(22)19-10-2-1-3-11-19)14-28-18-9-6-8-17(13-18)23(25,26)27/h1-13,28H,14-15H2. The number of alkyl halides is 3. The molecule has 9 heteroatoms. The average Bonchev–Trinajstić information content (AvgIpc) is 3.20. The molecule has 164 valence electrons. The molecule has 0 amide bonds. The molecule has 0 spiro atoms. The van der Waals surface area contributed by atoms with Crippen molar-refractivity contribution in [3.05, 3.63) is 101 Å². The molecule has 1 aromatic heterocycles. The molecule has 0 radical (unpaired) electrons. The van der Waals surface area contributed by atoms with Gasteiger partial charge in [-0.25, -0.2) is 0 Å². The van der Waals surface area contributed by atoms with Crippen molar-refractivity contribution in [2.45, 2.75) is 23.6 Å². The number of hydrogen-bond acceptors (Lipinski definition) is 4. The monoisotopic (exact) mass is 474 g/mol. The first-order valence-corrected chi connectivity index (χ1v) is 11.1. The normalized spacial score (nSPS) is 11.5. The van der Waals surface area contributed by atoms with Gasteiger partial charge in [0.05, 0.1) is 12.1 Å². The Morgan fingerprint density at radius 3 is 2.41 bits per heavy atom. The van der Waals surface area contributed by atoms with E-state index in [9.17, 15) is 13.2 Å². The molecule has 0 aliphatic rings. The van der Waals surface area contributed by atoms with Crippen LogP contribution in [0.2, 0.25) is 5.02 Å². The van der Waals surface area contributed by atoms with Gasteiger partial charge in [-0.1, -0.05) is 65.8 Å². The van der Waals surface area contributed by atoms with Crippen LogP contribution in [0.3, 0.4) is 0 Å². The summed E-state index contributed by atoms with van der Waals surface area (Å²) in [6.45, 7) is 0.204. The fourth-order valence-electron chi connectivity index (χ4n) is 3.09. The highest BCUT2D eigenvalue weighted by Gasteiger charge is 2.30. The first-order valence-electron chi connectivity index (χ1n) is 9.69. The number of nitrogens with zero attached hydrogens (tertiary/aromatic N) is 3. The lowest BCUT2D eigenvalue weighted by molar-refractivity contribution is -0.137. The Bertz CT molecular complexity index is 1200. The largest absolute Gasteiger partial charge is 0.416 e. The van der Waals surface area contributed by atoms with Crippen LogP contribution in [0, 0.1) is 0 Å². The highest BCUT2D eigenvalue weighted by atomic mass is 35.5. The van der Waals surface area contributed by atoms with E-state index in [0.717, 1.165) is 23.4 Å². The number of nitrogens with one attached hydrogen (secondary N) is 1. The molecule has 4 aromatic rings. The van der Waals surface area contributed by atoms with Crippen LogP contribution in [0.4, 0.5) is 18.9 Å². The molecule has 1 N–H and O–H groups in total. The van der Waals surface area contributed by atoms with Crippen molar-refractivity contribution in [2.75, 3.05) is 5.32 Å². The summed E-state index contributed by atoms with van der Waals surface area (Å²) >= 11 is 7.75. The lowest BCUT2D eigenvalue weighted by Crippen LogP contribution is -2.10. The Hall–Kier alpha value is -2.97. The summed E-state index contributed by atoms with van der Waals surface area (Å²) in [5, 5.41) is 13.0. The number of hydrogen-bond donors (Lipinski definition) is 1. The van der Waals surface area contributed by atoms with Crippen molar-refractivity contribution in [1.29, 1.82) is 0 Å². The number of aromatic nitrogens is 3. The maximum absolute atomic E-state index is 13.0. The molecular formula is C23H18ClF3N4S. The summed E-state index contributed by atoms with van der Waals surface area (Å²) in [6.07, 6.45) is -4.40. The molecule has 0 saturated heterocycles. The van der Waals surface area contributed by atoms with Crippen molar-refractivity contribution < 1.29 is 13.2 Å². The third-order valence-corrected chi connectivity index (χ3v) is 6.02. The molecule has 1 heterocycles. The van der Waals surface area contributed by atoms with E-state index in [1.165, 1.54) is 17.8 Å². The van der Waals surface area contributed by atoms with E-state index in [4.69, 9.17) is 11.6 Å². The number of para-hydroxylation sites is 1. The Kier molecular flexibility index (Phi) is 6.72. The molecule has 32 heavy (non-hydrogen) atoms. The summed E-state index contributed by atoms with van der Waals surface area (Å²) in [6, 6.07) is 22.2. The van der Waals surface area contributed by atoms with Crippen LogP contribution >= 0.6 is 23.4 Å². The number of rotatable bonds is 7. The number of anilines is 1. The van der Waals surface area contributed by atoms with Gasteiger partial charge in [-0.05, 0) is 42.0 Å². The van der Waals surface area contributed by atoms with Crippen LogP contribution in [0.15, 0.2) is 84.0 Å². The van der Waals surface area contributed by atoms with Gasteiger partial charge in [0.25, 0.3) is 0 Å². The molecule has 4 rings (SSSR count). The van der Waals surface area contributed by atoms with E-state index in [2.05, 4.69) is 15.5 Å². The highest BCUT2D eigenvalue weighted by molar-refractivity contribution is 7.98. The second kappa shape index (κ2) is 9.67. The van der Waals surface area contributed by atoms with Gasteiger partial charge in [0.1, 0.15) is 0 Å². The predicted octanol–water partition coefficient (Wildman–Crippen LogP) is 6.84. The van der Waals surface area contributed by atoms with Crippen LogP contribution in [-0.4, -0.2) is 14.8 Å². The van der Waals surface area contributed by atoms with Crippen molar-refractivity contribution in [1.82, 2.24) is 14.8 Å². The van der Waals surface area contributed by atoms with Crippen LogP contribution in [0.5, 0.6) is 0 Å². The van der Waals surface area contributed by atoms with Crippen molar-refractivity contribution in [2.24, 2.45) is 0 Å². The van der Waals surface area contributed by atoms with Gasteiger partial charge in [0.2, 0.25) is 0 Å². The fourth-order valence-corrected chi connectivity index (χ4v) is 4.35. The number of thioether (sulfide) groups is 1. The molecule has 0 bridgehead atoms. The summed E-state index contributed by atoms with van der Waals surface area (Å²) in [5.74, 6) is 1.18. The molecule has 3 aromatic carbocycles. The van der Waals surface area contributed by atoms with Crippen LogP contribution < -0.4 is 5.32 Å². The van der Waals surface area contributed by atoms with Crippen molar-refractivity contribution in [3.63, 3.8) is 0 Å². The van der Waals surface area contributed by atoms with Crippen LogP contribution in [0.25, 0.3) is 5.69 Å². The van der Waals surface area contributed by atoms with Gasteiger partial charge in [-0.15, -0.1) is 10.2 Å². The minimum Gasteiger partial charge on any atom is -0.378 e. The molecule has 0 aliphatic carbocycles. The molecule has 0 fully saturated rings. The molecule has 0 aliphatic heterocycles. The molecular weight excluding hydrogens is 457 g/mol. The van der Waals surface area contributed by atoms with Crippen LogP contribution in [-0.2, 0) is 18.5 Å². The van der Waals surface area contributed by atoms with Gasteiger partial charge in [0.15, 0.2) is 11.0 Å². The van der Waals surface area contributed by atoms with E-state index in [-0.39, 0.29) is 6.54 Å². The van der Waals surface area contributed by atoms with Crippen molar-refractivity contribution >= 4 is 29.1 Å². The zero-order valence-corrected chi connectivity index (χ0v) is 18.3.